The zero-order valence-electron chi connectivity index (χ0n) is 18.2. The lowest BCUT2D eigenvalue weighted by Gasteiger charge is -2.19. The van der Waals surface area contributed by atoms with Crippen molar-refractivity contribution in [2.45, 2.75) is 44.2 Å². The molecule has 0 heterocycles. The van der Waals surface area contributed by atoms with Gasteiger partial charge in [-0.3, -0.25) is 9.63 Å². The number of hydrogen-bond donors (Lipinski definition) is 3. The molecule has 5 rings (SSSR count). The number of fused-ring (bicyclic) bond motifs is 4. The minimum Gasteiger partial charge on any atom is -0.479 e. The Morgan fingerprint density at radius 3 is 2.33 bits per heavy atom. The highest BCUT2D eigenvalue weighted by molar-refractivity contribution is 5.86. The van der Waals surface area contributed by atoms with Crippen molar-refractivity contribution in [1.82, 2.24) is 10.8 Å². The highest BCUT2D eigenvalue weighted by atomic mass is 16.7. The number of carbonyl (C=O) groups excluding carboxylic acids is 2. The van der Waals surface area contributed by atoms with E-state index in [9.17, 15) is 14.4 Å². The van der Waals surface area contributed by atoms with Crippen LogP contribution in [0.2, 0.25) is 0 Å². The number of hydrogen-bond acceptors (Lipinski definition) is 5. The first-order valence-corrected chi connectivity index (χ1v) is 11.2. The molecule has 2 saturated carbocycles. The molecule has 172 valence electrons. The second-order valence-electron chi connectivity index (χ2n) is 9.19. The number of amides is 2. The maximum absolute atomic E-state index is 12.5. The molecular formula is C25H26N2O6. The monoisotopic (exact) mass is 450 g/mol. The fourth-order valence-electron chi connectivity index (χ4n) is 5.39. The van der Waals surface area contributed by atoms with E-state index >= 15 is 0 Å². The van der Waals surface area contributed by atoms with Crippen molar-refractivity contribution in [2.24, 2.45) is 11.3 Å². The van der Waals surface area contributed by atoms with Crippen LogP contribution in [0, 0.1) is 11.3 Å². The lowest BCUT2D eigenvalue weighted by Crippen LogP contribution is -2.40. The van der Waals surface area contributed by atoms with Crippen molar-refractivity contribution >= 4 is 18.0 Å². The molecule has 0 radical (unpaired) electrons. The highest BCUT2D eigenvalue weighted by Crippen LogP contribution is 2.63. The van der Waals surface area contributed by atoms with Gasteiger partial charge in [0.05, 0.1) is 5.41 Å². The molecule has 0 bridgehead atoms. The van der Waals surface area contributed by atoms with Gasteiger partial charge in [0.2, 0.25) is 5.91 Å². The normalized spacial score (nSPS) is 25.4. The Morgan fingerprint density at radius 1 is 1.06 bits per heavy atom. The van der Waals surface area contributed by atoms with Crippen molar-refractivity contribution in [3.63, 3.8) is 0 Å². The molecule has 2 fully saturated rings. The van der Waals surface area contributed by atoms with Crippen LogP contribution in [0.4, 0.5) is 4.79 Å². The van der Waals surface area contributed by atoms with Crippen molar-refractivity contribution in [3.8, 4) is 11.1 Å². The van der Waals surface area contributed by atoms with E-state index in [1.165, 1.54) is 18.1 Å². The zero-order chi connectivity index (χ0) is 23.2. The third kappa shape index (κ3) is 3.84. The summed E-state index contributed by atoms with van der Waals surface area (Å²) in [5.74, 6) is -1.33. The Hall–Kier alpha value is -3.39. The van der Waals surface area contributed by atoms with E-state index in [0.717, 1.165) is 11.1 Å². The van der Waals surface area contributed by atoms with Crippen LogP contribution < -0.4 is 10.8 Å². The molecule has 0 aromatic heterocycles. The molecule has 0 saturated heterocycles. The Morgan fingerprint density at radius 2 is 1.70 bits per heavy atom. The van der Waals surface area contributed by atoms with E-state index in [2.05, 4.69) is 35.1 Å². The predicted molar refractivity (Wildman–Crippen MR) is 118 cm³/mol. The fourth-order valence-corrected chi connectivity index (χ4v) is 5.39. The van der Waals surface area contributed by atoms with Crippen LogP contribution in [0.3, 0.4) is 0 Å². The van der Waals surface area contributed by atoms with Gasteiger partial charge < -0.3 is 15.2 Å². The second kappa shape index (κ2) is 8.19. The number of alkyl carbamates (subject to hydrolysis) is 1. The smallest absolute Gasteiger partial charge is 0.407 e. The molecule has 33 heavy (non-hydrogen) atoms. The van der Waals surface area contributed by atoms with Crippen LogP contribution >= 0.6 is 0 Å². The van der Waals surface area contributed by atoms with E-state index in [0.29, 0.717) is 19.3 Å². The molecule has 2 aromatic rings. The van der Waals surface area contributed by atoms with E-state index in [1.54, 1.807) is 0 Å². The zero-order valence-corrected chi connectivity index (χ0v) is 18.2. The van der Waals surface area contributed by atoms with Gasteiger partial charge in [-0.2, -0.15) is 0 Å². The van der Waals surface area contributed by atoms with E-state index < -0.39 is 23.6 Å². The van der Waals surface area contributed by atoms with E-state index in [4.69, 9.17) is 14.7 Å². The number of ether oxygens (including phenoxy) is 1. The summed E-state index contributed by atoms with van der Waals surface area (Å²) in [5, 5.41) is 11.8. The fraction of sp³-hybridized carbons (Fsp3) is 0.400. The molecule has 2 amide bonds. The number of carbonyl (C=O) groups is 3. The summed E-state index contributed by atoms with van der Waals surface area (Å²) in [6, 6.07) is 16.2. The number of carboxylic acids is 1. The van der Waals surface area contributed by atoms with Gasteiger partial charge in [-0.1, -0.05) is 48.5 Å². The van der Waals surface area contributed by atoms with Gasteiger partial charge in [0.1, 0.15) is 6.61 Å². The SMILES string of the molecule is CC(ONC(=O)C12CC(NC(=O)OCC3c4ccccc4-c4ccccc43)CC1C2)C(=O)O. The minimum atomic E-state index is -1.15. The van der Waals surface area contributed by atoms with E-state index in [-0.39, 0.29) is 30.4 Å². The van der Waals surface area contributed by atoms with Crippen molar-refractivity contribution < 1.29 is 29.1 Å². The van der Waals surface area contributed by atoms with Crippen LogP contribution in [-0.2, 0) is 19.2 Å². The van der Waals surface area contributed by atoms with Crippen LogP contribution in [0.15, 0.2) is 48.5 Å². The molecule has 2 aromatic carbocycles. The Kier molecular flexibility index (Phi) is 5.32. The largest absolute Gasteiger partial charge is 0.479 e. The van der Waals surface area contributed by atoms with Crippen LogP contribution in [0.25, 0.3) is 11.1 Å². The summed E-state index contributed by atoms with van der Waals surface area (Å²) in [6.07, 6.45) is 0.269. The predicted octanol–water partition coefficient (Wildman–Crippen LogP) is 3.21. The van der Waals surface area contributed by atoms with Crippen molar-refractivity contribution in [1.29, 1.82) is 0 Å². The van der Waals surface area contributed by atoms with Gasteiger partial charge in [-0.05, 0) is 54.4 Å². The number of benzene rings is 2. The van der Waals surface area contributed by atoms with Crippen molar-refractivity contribution in [3.05, 3.63) is 59.7 Å². The van der Waals surface area contributed by atoms with Gasteiger partial charge in [0.15, 0.2) is 6.10 Å². The summed E-state index contributed by atoms with van der Waals surface area (Å²) in [4.78, 5) is 40.8. The standard InChI is InChI=1S/C25H26N2O6/c1-14(22(28)29)33-27-23(30)25-11-15(25)10-16(12-25)26-24(31)32-13-21-19-8-4-2-6-17(19)18-7-3-5-9-20(18)21/h2-9,14-16,21H,10-13H2,1H3,(H,26,31)(H,27,30)(H,28,29). The third-order valence-corrected chi connectivity index (χ3v) is 7.21. The maximum Gasteiger partial charge on any atom is 0.407 e. The first kappa shape index (κ1) is 21.5. The molecule has 3 aliphatic rings. The van der Waals surface area contributed by atoms with Gasteiger partial charge >= 0.3 is 12.1 Å². The lowest BCUT2D eigenvalue weighted by atomic mass is 9.98. The first-order valence-electron chi connectivity index (χ1n) is 11.2. The van der Waals surface area contributed by atoms with Gasteiger partial charge in [0, 0.05) is 12.0 Å². The highest BCUT2D eigenvalue weighted by Gasteiger charge is 2.65. The number of aliphatic carboxylic acids is 1. The summed E-state index contributed by atoms with van der Waals surface area (Å²) >= 11 is 0. The Balaban J connectivity index is 1.15. The maximum atomic E-state index is 12.5. The lowest BCUT2D eigenvalue weighted by molar-refractivity contribution is -0.160. The molecule has 0 aliphatic heterocycles. The third-order valence-electron chi connectivity index (χ3n) is 7.21. The molecule has 3 aliphatic carbocycles. The molecule has 3 N–H and O–H groups in total. The van der Waals surface area contributed by atoms with Crippen LogP contribution in [-0.4, -0.2) is 41.8 Å². The molecule has 4 atom stereocenters. The number of rotatable bonds is 7. The van der Waals surface area contributed by atoms with Gasteiger partial charge in [-0.15, -0.1) is 0 Å². The topological polar surface area (TPSA) is 114 Å². The average Bonchev–Trinajstić information content (AvgIpc) is 3.24. The van der Waals surface area contributed by atoms with E-state index in [1.807, 2.05) is 24.3 Å². The average molecular weight is 450 g/mol. The first-order chi connectivity index (χ1) is 15.9. The molecule has 0 spiro atoms. The summed E-state index contributed by atoms with van der Waals surface area (Å²) in [7, 11) is 0. The Bertz CT molecular complexity index is 1070. The second-order valence-corrected chi connectivity index (χ2v) is 9.19. The summed E-state index contributed by atoms with van der Waals surface area (Å²) in [6.45, 7) is 1.59. The summed E-state index contributed by atoms with van der Waals surface area (Å²) < 4.78 is 5.61. The number of nitrogens with one attached hydrogen (secondary N) is 2. The van der Waals surface area contributed by atoms with Gasteiger partial charge in [0.25, 0.3) is 0 Å². The molecule has 8 heteroatoms. The number of carboxylic acid groups (broad SMARTS) is 1. The molecule has 8 nitrogen and oxygen atoms in total. The summed E-state index contributed by atoms with van der Waals surface area (Å²) in [5.41, 5.74) is 6.33. The van der Waals surface area contributed by atoms with Gasteiger partial charge in [-0.25, -0.2) is 15.1 Å². The number of hydroxylamine groups is 1. The van der Waals surface area contributed by atoms with Crippen LogP contribution in [0.5, 0.6) is 0 Å². The van der Waals surface area contributed by atoms with Crippen molar-refractivity contribution in [2.75, 3.05) is 6.61 Å². The Labute approximate surface area is 191 Å². The minimum absolute atomic E-state index is 0.00868. The molecular weight excluding hydrogens is 424 g/mol. The molecule has 4 unspecified atom stereocenters. The van der Waals surface area contributed by atoms with Crippen LogP contribution in [0.1, 0.15) is 43.2 Å². The quantitative estimate of drug-likeness (QED) is 0.558.